The summed E-state index contributed by atoms with van der Waals surface area (Å²) in [5.74, 6) is -0.962. The van der Waals surface area contributed by atoms with Gasteiger partial charge in [0.25, 0.3) is 5.91 Å². The van der Waals surface area contributed by atoms with Gasteiger partial charge in [-0.05, 0) is 26.7 Å². The number of hydrogen-bond donors (Lipinski definition) is 1. The molecule has 2 atom stereocenters. The van der Waals surface area contributed by atoms with Crippen molar-refractivity contribution in [3.8, 4) is 0 Å². The molecule has 1 saturated heterocycles. The summed E-state index contributed by atoms with van der Waals surface area (Å²) in [6.45, 7) is 6.05. The highest BCUT2D eigenvalue weighted by molar-refractivity contribution is 5.86. The largest absolute Gasteiger partial charge is 0.481 e. The number of ether oxygens (including phenoxy) is 1. The smallest absolute Gasteiger partial charge is 0.311 e. The molecule has 1 aliphatic rings. The molecule has 1 heterocycles. The van der Waals surface area contributed by atoms with Crippen LogP contribution < -0.4 is 0 Å². The highest BCUT2D eigenvalue weighted by Crippen LogP contribution is 2.32. The van der Waals surface area contributed by atoms with Crippen molar-refractivity contribution in [3.63, 3.8) is 0 Å². The Kier molecular flexibility index (Phi) is 3.81. The summed E-state index contributed by atoms with van der Waals surface area (Å²) in [5.41, 5.74) is -1.66. The van der Waals surface area contributed by atoms with Crippen LogP contribution in [0.2, 0.25) is 0 Å². The Labute approximate surface area is 102 Å². The average Bonchev–Trinajstić information content (AvgIpc) is 2.71. The number of carbonyl (C=O) groups excluding carboxylic acids is 1. The highest BCUT2D eigenvalue weighted by Gasteiger charge is 2.45. The number of aliphatic carboxylic acids is 1. The number of likely N-dealkylation sites (tertiary alicyclic amines) is 1. The highest BCUT2D eigenvalue weighted by atomic mass is 16.5. The molecule has 1 amide bonds. The minimum absolute atomic E-state index is 0.118. The maximum absolute atomic E-state index is 12.2. The molecule has 0 radical (unpaired) electrons. The number of nitrogens with zero attached hydrogens (tertiary/aromatic N) is 1. The fraction of sp³-hybridized carbons (Fsp3) is 0.833. The standard InChI is InChI=1S/C12H21NO4/c1-5-12(3,17-4)9(14)13-7-6-11(2,8-13)10(15)16/h5-8H2,1-4H3,(H,15,16). The Morgan fingerprint density at radius 1 is 1.53 bits per heavy atom. The minimum atomic E-state index is -0.844. The van der Waals surface area contributed by atoms with Crippen LogP contribution in [-0.2, 0) is 14.3 Å². The fourth-order valence-corrected chi connectivity index (χ4v) is 2.03. The lowest BCUT2D eigenvalue weighted by Crippen LogP contribution is -2.48. The molecular formula is C12H21NO4. The SMILES string of the molecule is CCC(C)(OC)C(=O)N1CCC(C)(C(=O)O)C1. The van der Waals surface area contributed by atoms with Crippen molar-refractivity contribution in [3.05, 3.63) is 0 Å². The quantitative estimate of drug-likeness (QED) is 0.803. The number of hydrogen-bond acceptors (Lipinski definition) is 3. The van der Waals surface area contributed by atoms with Crippen LogP contribution >= 0.6 is 0 Å². The molecule has 0 bridgehead atoms. The summed E-state index contributed by atoms with van der Waals surface area (Å²) >= 11 is 0. The van der Waals surface area contributed by atoms with Gasteiger partial charge in [0.05, 0.1) is 5.41 Å². The van der Waals surface area contributed by atoms with E-state index in [2.05, 4.69) is 0 Å². The predicted molar refractivity (Wildman–Crippen MR) is 62.6 cm³/mol. The van der Waals surface area contributed by atoms with Crippen LogP contribution in [0.5, 0.6) is 0 Å². The first-order valence-corrected chi connectivity index (χ1v) is 5.87. The Bertz CT molecular complexity index is 324. The summed E-state index contributed by atoms with van der Waals surface area (Å²) in [5, 5.41) is 9.12. The molecular weight excluding hydrogens is 222 g/mol. The van der Waals surface area contributed by atoms with Gasteiger partial charge in [0.2, 0.25) is 0 Å². The normalized spacial score (nSPS) is 27.9. The molecule has 1 fully saturated rings. The number of carbonyl (C=O) groups is 2. The summed E-state index contributed by atoms with van der Waals surface area (Å²) < 4.78 is 5.25. The van der Waals surface area contributed by atoms with Crippen molar-refractivity contribution in [1.29, 1.82) is 0 Å². The molecule has 17 heavy (non-hydrogen) atoms. The second-order valence-corrected chi connectivity index (χ2v) is 5.13. The number of carboxylic acids is 1. The molecule has 1 N–H and O–H groups in total. The zero-order chi connectivity index (χ0) is 13.3. The van der Waals surface area contributed by atoms with Crippen LogP contribution in [0.3, 0.4) is 0 Å². The van der Waals surface area contributed by atoms with Crippen molar-refractivity contribution >= 4 is 11.9 Å². The molecule has 0 aromatic heterocycles. The van der Waals surface area contributed by atoms with Crippen molar-refractivity contribution in [1.82, 2.24) is 4.90 Å². The first-order valence-electron chi connectivity index (χ1n) is 5.87. The Morgan fingerprint density at radius 3 is 2.47 bits per heavy atom. The van der Waals surface area contributed by atoms with Crippen LogP contribution in [0.4, 0.5) is 0 Å². The topological polar surface area (TPSA) is 66.8 Å². The molecule has 98 valence electrons. The van der Waals surface area contributed by atoms with Gasteiger partial charge < -0.3 is 14.7 Å². The van der Waals surface area contributed by atoms with E-state index >= 15 is 0 Å². The summed E-state index contributed by atoms with van der Waals surface area (Å²) in [6.07, 6.45) is 1.07. The van der Waals surface area contributed by atoms with E-state index in [9.17, 15) is 9.59 Å². The van der Waals surface area contributed by atoms with Crippen LogP contribution in [0.25, 0.3) is 0 Å². The molecule has 0 spiro atoms. The van der Waals surface area contributed by atoms with Crippen molar-refractivity contribution in [2.45, 2.75) is 39.2 Å². The number of rotatable bonds is 4. The van der Waals surface area contributed by atoms with Crippen molar-refractivity contribution in [2.24, 2.45) is 5.41 Å². The molecule has 1 aliphatic heterocycles. The zero-order valence-electron chi connectivity index (χ0n) is 10.9. The Balaban J connectivity index is 2.78. The average molecular weight is 243 g/mol. The molecule has 0 aromatic carbocycles. The lowest BCUT2D eigenvalue weighted by molar-refractivity contribution is -0.154. The lowest BCUT2D eigenvalue weighted by atomic mass is 9.90. The zero-order valence-corrected chi connectivity index (χ0v) is 10.9. The molecule has 2 unspecified atom stereocenters. The van der Waals surface area contributed by atoms with Gasteiger partial charge in [-0.15, -0.1) is 0 Å². The molecule has 5 nitrogen and oxygen atoms in total. The van der Waals surface area contributed by atoms with Crippen LogP contribution in [0.1, 0.15) is 33.6 Å². The minimum Gasteiger partial charge on any atom is -0.481 e. The third-order valence-electron chi connectivity index (χ3n) is 3.85. The van der Waals surface area contributed by atoms with E-state index in [0.29, 0.717) is 19.4 Å². The molecule has 1 rings (SSSR count). The van der Waals surface area contributed by atoms with Crippen molar-refractivity contribution < 1.29 is 19.4 Å². The predicted octanol–water partition coefficient (Wildman–Crippen LogP) is 1.12. The van der Waals surface area contributed by atoms with Gasteiger partial charge in [0, 0.05) is 20.2 Å². The second-order valence-electron chi connectivity index (χ2n) is 5.13. The van der Waals surface area contributed by atoms with E-state index < -0.39 is 17.0 Å². The van der Waals surface area contributed by atoms with Gasteiger partial charge in [0.15, 0.2) is 0 Å². The first-order chi connectivity index (χ1) is 7.79. The lowest BCUT2D eigenvalue weighted by Gasteiger charge is -2.31. The van der Waals surface area contributed by atoms with E-state index in [-0.39, 0.29) is 12.5 Å². The van der Waals surface area contributed by atoms with E-state index in [1.165, 1.54) is 7.11 Å². The van der Waals surface area contributed by atoms with Gasteiger partial charge in [-0.1, -0.05) is 6.92 Å². The third kappa shape index (κ3) is 2.44. The van der Waals surface area contributed by atoms with Gasteiger partial charge in [-0.2, -0.15) is 0 Å². The van der Waals surface area contributed by atoms with Gasteiger partial charge in [-0.3, -0.25) is 9.59 Å². The fourth-order valence-electron chi connectivity index (χ4n) is 2.03. The second kappa shape index (κ2) is 4.64. The monoisotopic (exact) mass is 243 g/mol. The number of methoxy groups -OCH3 is 1. The third-order valence-corrected chi connectivity index (χ3v) is 3.85. The van der Waals surface area contributed by atoms with Gasteiger partial charge in [0.1, 0.15) is 5.60 Å². The number of amides is 1. The number of carboxylic acid groups (broad SMARTS) is 1. The van der Waals surface area contributed by atoms with E-state index in [1.54, 1.807) is 18.7 Å². The van der Waals surface area contributed by atoms with Crippen molar-refractivity contribution in [2.75, 3.05) is 20.2 Å². The molecule has 5 heteroatoms. The van der Waals surface area contributed by atoms with Crippen LogP contribution in [0.15, 0.2) is 0 Å². The van der Waals surface area contributed by atoms with Gasteiger partial charge >= 0.3 is 5.97 Å². The Hall–Kier alpha value is -1.10. The van der Waals surface area contributed by atoms with E-state index in [4.69, 9.17) is 9.84 Å². The van der Waals surface area contributed by atoms with Gasteiger partial charge in [-0.25, -0.2) is 0 Å². The van der Waals surface area contributed by atoms with Crippen LogP contribution in [-0.4, -0.2) is 47.7 Å². The maximum Gasteiger partial charge on any atom is 0.311 e. The summed E-state index contributed by atoms with van der Waals surface area (Å²) in [6, 6.07) is 0. The molecule has 0 aliphatic carbocycles. The molecule has 0 saturated carbocycles. The van der Waals surface area contributed by atoms with Crippen LogP contribution in [0, 0.1) is 5.41 Å². The van der Waals surface area contributed by atoms with E-state index in [1.807, 2.05) is 6.92 Å². The van der Waals surface area contributed by atoms with E-state index in [0.717, 1.165) is 0 Å². The molecule has 0 aromatic rings. The first kappa shape index (κ1) is 14.0. The summed E-state index contributed by atoms with van der Waals surface area (Å²) in [7, 11) is 1.51. The Morgan fingerprint density at radius 2 is 2.12 bits per heavy atom. The maximum atomic E-state index is 12.2. The summed E-state index contributed by atoms with van der Waals surface area (Å²) in [4.78, 5) is 25.0.